The van der Waals surface area contributed by atoms with Crippen molar-refractivity contribution >= 4 is 9.84 Å². The van der Waals surface area contributed by atoms with Gasteiger partial charge in [0.25, 0.3) is 0 Å². The van der Waals surface area contributed by atoms with Crippen LogP contribution in [0.2, 0.25) is 0 Å². The summed E-state index contributed by atoms with van der Waals surface area (Å²) < 4.78 is 32.4. The van der Waals surface area contributed by atoms with Crippen LogP contribution in [0.1, 0.15) is 12.8 Å². The zero-order valence-electron chi connectivity index (χ0n) is 7.37. The van der Waals surface area contributed by atoms with Gasteiger partial charge in [-0.1, -0.05) is 0 Å². The second-order valence-electron chi connectivity index (χ2n) is 2.97. The fraction of sp³-hybridized carbons (Fsp3) is 1.00. The first-order valence-electron chi connectivity index (χ1n) is 3.84. The van der Waals surface area contributed by atoms with Gasteiger partial charge in [-0.15, -0.1) is 0 Å². The van der Waals surface area contributed by atoms with E-state index >= 15 is 0 Å². The van der Waals surface area contributed by atoms with Gasteiger partial charge in [0, 0.05) is 27.1 Å². The predicted molar refractivity (Wildman–Crippen MR) is 44.6 cm³/mol. The lowest BCUT2D eigenvalue weighted by molar-refractivity contribution is -0.210. The van der Waals surface area contributed by atoms with E-state index < -0.39 is 15.6 Å². The molecule has 72 valence electrons. The highest BCUT2D eigenvalue weighted by Gasteiger charge is 2.37. The summed E-state index contributed by atoms with van der Waals surface area (Å²) in [6.07, 6.45) is 0.866. The largest absolute Gasteiger partial charge is 0.353 e. The Balaban J connectivity index is 2.66. The number of hydrogen-bond donors (Lipinski definition) is 0. The molecular weight excluding hydrogens is 180 g/mol. The van der Waals surface area contributed by atoms with Crippen molar-refractivity contribution in [1.29, 1.82) is 0 Å². The van der Waals surface area contributed by atoms with E-state index in [2.05, 4.69) is 0 Å². The molecule has 1 aliphatic rings. The van der Waals surface area contributed by atoms with E-state index in [-0.39, 0.29) is 11.5 Å². The third kappa shape index (κ3) is 1.97. The molecule has 0 N–H and O–H groups in total. The van der Waals surface area contributed by atoms with E-state index in [0.717, 1.165) is 0 Å². The average Bonchev–Trinajstić information content (AvgIpc) is 2.06. The molecule has 5 heteroatoms. The number of methoxy groups -OCH3 is 2. The minimum absolute atomic E-state index is 0.161. The SMILES string of the molecule is COC1(OC)CCS(=O)(=O)CC1. The average molecular weight is 194 g/mol. The molecule has 1 rings (SSSR count). The maximum atomic E-state index is 11.1. The van der Waals surface area contributed by atoms with Gasteiger partial charge in [0.05, 0.1) is 11.5 Å². The first kappa shape index (κ1) is 9.95. The first-order chi connectivity index (χ1) is 5.54. The van der Waals surface area contributed by atoms with Gasteiger partial charge in [-0.05, 0) is 0 Å². The lowest BCUT2D eigenvalue weighted by Gasteiger charge is -2.33. The molecule has 1 fully saturated rings. The quantitative estimate of drug-likeness (QED) is 0.589. The normalized spacial score (nSPS) is 26.8. The van der Waals surface area contributed by atoms with Crippen LogP contribution in [-0.4, -0.2) is 39.9 Å². The van der Waals surface area contributed by atoms with Gasteiger partial charge in [-0.2, -0.15) is 0 Å². The Labute approximate surface area is 72.8 Å². The molecule has 0 unspecified atom stereocenters. The highest BCUT2D eigenvalue weighted by Crippen LogP contribution is 2.27. The smallest absolute Gasteiger partial charge is 0.169 e. The van der Waals surface area contributed by atoms with Crippen molar-refractivity contribution < 1.29 is 17.9 Å². The molecule has 0 spiro atoms. The molecule has 0 radical (unpaired) electrons. The zero-order valence-corrected chi connectivity index (χ0v) is 8.19. The van der Waals surface area contributed by atoms with Gasteiger partial charge in [-0.3, -0.25) is 0 Å². The Morgan fingerprint density at radius 1 is 1.08 bits per heavy atom. The Bertz CT molecular complexity index is 224. The van der Waals surface area contributed by atoms with Gasteiger partial charge < -0.3 is 9.47 Å². The van der Waals surface area contributed by atoms with Crippen molar-refractivity contribution in [3.05, 3.63) is 0 Å². The molecule has 0 bridgehead atoms. The van der Waals surface area contributed by atoms with E-state index in [1.807, 2.05) is 0 Å². The van der Waals surface area contributed by atoms with Crippen LogP contribution < -0.4 is 0 Å². The number of rotatable bonds is 2. The fourth-order valence-electron chi connectivity index (χ4n) is 1.34. The number of ether oxygens (including phenoxy) is 2. The summed E-state index contributed by atoms with van der Waals surface area (Å²) in [6, 6.07) is 0. The molecule has 0 aromatic carbocycles. The van der Waals surface area contributed by atoms with E-state index in [1.165, 1.54) is 0 Å². The highest BCUT2D eigenvalue weighted by atomic mass is 32.2. The van der Waals surface area contributed by atoms with E-state index in [9.17, 15) is 8.42 Å². The van der Waals surface area contributed by atoms with E-state index in [1.54, 1.807) is 14.2 Å². The zero-order chi connectivity index (χ0) is 9.24. The van der Waals surface area contributed by atoms with Crippen molar-refractivity contribution in [1.82, 2.24) is 0 Å². The second-order valence-corrected chi connectivity index (χ2v) is 5.27. The van der Waals surface area contributed by atoms with Crippen LogP contribution in [0.4, 0.5) is 0 Å². The lowest BCUT2D eigenvalue weighted by Crippen LogP contribution is -2.42. The fourth-order valence-corrected chi connectivity index (χ4v) is 2.79. The molecule has 4 nitrogen and oxygen atoms in total. The molecule has 1 heterocycles. The highest BCUT2D eigenvalue weighted by molar-refractivity contribution is 7.91. The molecular formula is C7H14O4S. The van der Waals surface area contributed by atoms with Crippen LogP contribution in [0.15, 0.2) is 0 Å². The van der Waals surface area contributed by atoms with Crippen molar-refractivity contribution in [3.8, 4) is 0 Å². The monoisotopic (exact) mass is 194 g/mol. The molecule has 0 aromatic heterocycles. The number of sulfone groups is 1. The molecule has 0 aromatic rings. The Hall–Kier alpha value is -0.130. The van der Waals surface area contributed by atoms with Crippen LogP contribution in [0, 0.1) is 0 Å². The van der Waals surface area contributed by atoms with Crippen LogP contribution in [0.25, 0.3) is 0 Å². The van der Waals surface area contributed by atoms with Gasteiger partial charge >= 0.3 is 0 Å². The summed E-state index contributed by atoms with van der Waals surface area (Å²) >= 11 is 0. The Kier molecular flexibility index (Phi) is 2.75. The second kappa shape index (κ2) is 3.32. The summed E-state index contributed by atoms with van der Waals surface area (Å²) in [6.45, 7) is 0. The van der Waals surface area contributed by atoms with Crippen molar-refractivity contribution in [3.63, 3.8) is 0 Å². The summed E-state index contributed by atoms with van der Waals surface area (Å²) in [5.41, 5.74) is 0. The predicted octanol–water partition coefficient (Wildman–Crippen LogP) is 0.184. The topological polar surface area (TPSA) is 52.6 Å². The minimum Gasteiger partial charge on any atom is -0.353 e. The van der Waals surface area contributed by atoms with Gasteiger partial charge in [-0.25, -0.2) is 8.42 Å². The third-order valence-corrected chi connectivity index (χ3v) is 3.98. The molecule has 1 saturated heterocycles. The number of hydrogen-bond acceptors (Lipinski definition) is 4. The van der Waals surface area contributed by atoms with E-state index in [4.69, 9.17) is 9.47 Å². The maximum absolute atomic E-state index is 11.1. The summed E-state index contributed by atoms with van der Waals surface area (Å²) in [4.78, 5) is 0. The maximum Gasteiger partial charge on any atom is 0.169 e. The Morgan fingerprint density at radius 3 is 1.83 bits per heavy atom. The van der Waals surface area contributed by atoms with Gasteiger partial charge in [0.1, 0.15) is 0 Å². The molecule has 0 amide bonds. The summed E-state index contributed by atoms with van der Waals surface area (Å²) in [7, 11) is 0.252. The minimum atomic E-state index is -2.83. The summed E-state index contributed by atoms with van der Waals surface area (Å²) in [5, 5.41) is 0. The summed E-state index contributed by atoms with van der Waals surface area (Å²) in [5.74, 6) is -0.339. The standard InChI is InChI=1S/C7H14O4S/c1-10-7(11-2)3-5-12(8,9)6-4-7/h3-6H2,1-2H3. The van der Waals surface area contributed by atoms with Crippen molar-refractivity contribution in [2.75, 3.05) is 25.7 Å². The van der Waals surface area contributed by atoms with Gasteiger partial charge in [0.15, 0.2) is 15.6 Å². The van der Waals surface area contributed by atoms with Crippen LogP contribution in [-0.2, 0) is 19.3 Å². The molecule has 1 aliphatic heterocycles. The van der Waals surface area contributed by atoms with Crippen LogP contribution in [0.5, 0.6) is 0 Å². The Morgan fingerprint density at radius 2 is 1.50 bits per heavy atom. The van der Waals surface area contributed by atoms with E-state index in [0.29, 0.717) is 12.8 Å². The van der Waals surface area contributed by atoms with Crippen LogP contribution in [0.3, 0.4) is 0 Å². The molecule has 0 aliphatic carbocycles. The molecule has 0 atom stereocenters. The van der Waals surface area contributed by atoms with Crippen molar-refractivity contribution in [2.24, 2.45) is 0 Å². The first-order valence-corrected chi connectivity index (χ1v) is 5.66. The molecule has 12 heavy (non-hydrogen) atoms. The van der Waals surface area contributed by atoms with Crippen molar-refractivity contribution in [2.45, 2.75) is 18.6 Å². The molecule has 0 saturated carbocycles. The third-order valence-electron chi connectivity index (χ3n) is 2.33. The van der Waals surface area contributed by atoms with Gasteiger partial charge in [0.2, 0.25) is 0 Å². The lowest BCUT2D eigenvalue weighted by atomic mass is 10.1. The van der Waals surface area contributed by atoms with Crippen LogP contribution >= 0.6 is 0 Å².